The van der Waals surface area contributed by atoms with Crippen LogP contribution in [0.25, 0.3) is 0 Å². The fraction of sp³-hybridized carbons (Fsp3) is 0.588. The minimum atomic E-state index is -0.689. The average molecular weight is 275 g/mol. The highest BCUT2D eigenvalue weighted by Gasteiger charge is 2.40. The summed E-state index contributed by atoms with van der Waals surface area (Å²) in [6.45, 7) is 7.92. The molecule has 3 nitrogen and oxygen atoms in total. The Kier molecular flexibility index (Phi) is 4.36. The monoisotopic (exact) mass is 275 g/mol. The number of benzene rings is 1. The van der Waals surface area contributed by atoms with Gasteiger partial charge in [-0.1, -0.05) is 38.5 Å². The third kappa shape index (κ3) is 2.82. The summed E-state index contributed by atoms with van der Waals surface area (Å²) in [5, 5.41) is 8.65. The number of anilines is 1. The van der Waals surface area contributed by atoms with Gasteiger partial charge in [0.05, 0.1) is 0 Å². The zero-order chi connectivity index (χ0) is 14.8. The number of rotatable bonds is 6. The van der Waals surface area contributed by atoms with Crippen molar-refractivity contribution in [2.24, 2.45) is 0 Å². The molecule has 0 spiro atoms. The molecule has 0 amide bonds. The van der Waals surface area contributed by atoms with Crippen molar-refractivity contribution in [2.45, 2.75) is 57.9 Å². The van der Waals surface area contributed by atoms with Crippen molar-refractivity contribution >= 4 is 11.7 Å². The van der Waals surface area contributed by atoms with Gasteiger partial charge in [-0.05, 0) is 31.4 Å². The van der Waals surface area contributed by atoms with Crippen molar-refractivity contribution in [3.05, 3.63) is 29.8 Å². The Balaban J connectivity index is 1.97. The second-order valence-corrected chi connectivity index (χ2v) is 6.31. The van der Waals surface area contributed by atoms with Crippen LogP contribution < -0.4 is 4.90 Å². The molecule has 0 saturated carbocycles. The van der Waals surface area contributed by atoms with Crippen LogP contribution in [0.4, 0.5) is 5.69 Å². The van der Waals surface area contributed by atoms with E-state index in [1.807, 2.05) is 0 Å². The summed E-state index contributed by atoms with van der Waals surface area (Å²) in [5.41, 5.74) is 2.96. The van der Waals surface area contributed by atoms with Gasteiger partial charge in [-0.3, -0.25) is 4.79 Å². The van der Waals surface area contributed by atoms with E-state index < -0.39 is 5.97 Å². The second-order valence-electron chi connectivity index (χ2n) is 6.31. The highest BCUT2D eigenvalue weighted by molar-refractivity contribution is 5.66. The summed E-state index contributed by atoms with van der Waals surface area (Å²) in [4.78, 5) is 13.0. The fourth-order valence-corrected chi connectivity index (χ4v) is 3.14. The SMILES string of the molecule is CC1N(CCCCCC(=O)O)c2ccccc2C1(C)C. The van der Waals surface area contributed by atoms with E-state index in [1.165, 1.54) is 11.3 Å². The van der Waals surface area contributed by atoms with E-state index in [4.69, 9.17) is 5.11 Å². The lowest BCUT2D eigenvalue weighted by atomic mass is 9.81. The Hall–Kier alpha value is -1.51. The molecule has 2 rings (SSSR count). The number of unbranched alkanes of at least 4 members (excludes halogenated alkanes) is 2. The molecule has 1 heterocycles. The Morgan fingerprint density at radius 1 is 1.25 bits per heavy atom. The van der Waals surface area contributed by atoms with Gasteiger partial charge in [0.1, 0.15) is 0 Å². The Labute approximate surface area is 121 Å². The molecule has 0 aromatic heterocycles. The predicted octanol–water partition coefficient (Wildman–Crippen LogP) is 3.82. The maximum absolute atomic E-state index is 10.5. The number of carbonyl (C=O) groups is 1. The van der Waals surface area contributed by atoms with Crippen LogP contribution in [-0.2, 0) is 10.2 Å². The fourth-order valence-electron chi connectivity index (χ4n) is 3.14. The summed E-state index contributed by atoms with van der Waals surface area (Å²) in [6.07, 6.45) is 3.11. The van der Waals surface area contributed by atoms with Crippen LogP contribution in [0.1, 0.15) is 52.0 Å². The number of carboxylic acids is 1. The molecule has 1 aliphatic heterocycles. The summed E-state index contributed by atoms with van der Waals surface area (Å²) in [5.74, 6) is -0.689. The first kappa shape index (κ1) is 14.9. The van der Waals surface area contributed by atoms with Gasteiger partial charge in [-0.15, -0.1) is 0 Å². The first-order valence-corrected chi connectivity index (χ1v) is 7.52. The number of hydrogen-bond acceptors (Lipinski definition) is 2. The largest absolute Gasteiger partial charge is 0.481 e. The summed E-state index contributed by atoms with van der Waals surface area (Å²) in [7, 11) is 0. The van der Waals surface area contributed by atoms with E-state index in [-0.39, 0.29) is 11.8 Å². The van der Waals surface area contributed by atoms with Crippen molar-refractivity contribution in [2.75, 3.05) is 11.4 Å². The molecular weight excluding hydrogens is 250 g/mol. The molecule has 20 heavy (non-hydrogen) atoms. The van der Waals surface area contributed by atoms with Crippen molar-refractivity contribution < 1.29 is 9.90 Å². The standard InChI is InChI=1S/C17H25NO2/c1-13-17(2,3)14-9-6-7-10-15(14)18(13)12-8-4-5-11-16(19)20/h6-7,9-10,13H,4-5,8,11-12H2,1-3H3,(H,19,20). The molecule has 0 bridgehead atoms. The minimum absolute atomic E-state index is 0.178. The van der Waals surface area contributed by atoms with Crippen LogP contribution in [-0.4, -0.2) is 23.7 Å². The Bertz CT molecular complexity index is 482. The summed E-state index contributed by atoms with van der Waals surface area (Å²) in [6, 6.07) is 9.14. The first-order valence-electron chi connectivity index (χ1n) is 7.52. The molecule has 1 unspecified atom stereocenters. The molecule has 3 heteroatoms. The van der Waals surface area contributed by atoms with Gasteiger partial charge >= 0.3 is 5.97 Å². The van der Waals surface area contributed by atoms with Crippen molar-refractivity contribution in [1.29, 1.82) is 0 Å². The molecule has 1 aromatic rings. The molecule has 0 saturated heterocycles. The summed E-state index contributed by atoms with van der Waals surface area (Å²) < 4.78 is 0. The molecule has 110 valence electrons. The quantitative estimate of drug-likeness (QED) is 0.802. The molecule has 1 atom stereocenters. The van der Waals surface area contributed by atoms with Crippen LogP contribution in [0.5, 0.6) is 0 Å². The number of hydrogen-bond donors (Lipinski definition) is 1. The van der Waals surface area contributed by atoms with Gasteiger partial charge in [0.15, 0.2) is 0 Å². The summed E-state index contributed by atoms with van der Waals surface area (Å²) >= 11 is 0. The van der Waals surface area contributed by atoms with Crippen LogP contribution in [0.15, 0.2) is 24.3 Å². The zero-order valence-electron chi connectivity index (χ0n) is 12.7. The van der Waals surface area contributed by atoms with Gasteiger partial charge in [0.25, 0.3) is 0 Å². The molecular formula is C17H25NO2. The van der Waals surface area contributed by atoms with Gasteiger partial charge in [-0.25, -0.2) is 0 Å². The maximum Gasteiger partial charge on any atom is 0.303 e. The molecule has 0 radical (unpaired) electrons. The van der Waals surface area contributed by atoms with E-state index in [1.54, 1.807) is 0 Å². The topological polar surface area (TPSA) is 40.5 Å². The first-order chi connectivity index (χ1) is 9.44. The van der Waals surface area contributed by atoms with Gasteiger partial charge in [-0.2, -0.15) is 0 Å². The molecule has 1 N–H and O–H groups in total. The van der Waals surface area contributed by atoms with Crippen LogP contribution in [0, 0.1) is 0 Å². The molecule has 0 aliphatic carbocycles. The van der Waals surface area contributed by atoms with Crippen molar-refractivity contribution in [3.8, 4) is 0 Å². The lowest BCUT2D eigenvalue weighted by Gasteiger charge is -2.31. The van der Waals surface area contributed by atoms with Gasteiger partial charge in [0, 0.05) is 30.1 Å². The highest BCUT2D eigenvalue weighted by Crippen LogP contribution is 2.44. The predicted molar refractivity (Wildman–Crippen MR) is 82.4 cm³/mol. The number of fused-ring (bicyclic) bond motifs is 1. The third-order valence-electron chi connectivity index (χ3n) is 4.71. The van der Waals surface area contributed by atoms with Crippen molar-refractivity contribution in [1.82, 2.24) is 0 Å². The number of para-hydroxylation sites is 1. The van der Waals surface area contributed by atoms with Crippen LogP contribution in [0.2, 0.25) is 0 Å². The minimum Gasteiger partial charge on any atom is -0.481 e. The zero-order valence-corrected chi connectivity index (χ0v) is 12.7. The van der Waals surface area contributed by atoms with E-state index in [0.29, 0.717) is 6.04 Å². The lowest BCUT2D eigenvalue weighted by molar-refractivity contribution is -0.137. The second kappa shape index (κ2) is 5.86. The lowest BCUT2D eigenvalue weighted by Crippen LogP contribution is -2.39. The Morgan fingerprint density at radius 3 is 2.65 bits per heavy atom. The maximum atomic E-state index is 10.5. The van der Waals surface area contributed by atoms with Gasteiger partial charge in [0.2, 0.25) is 0 Å². The molecule has 1 aliphatic rings. The van der Waals surface area contributed by atoms with Crippen molar-refractivity contribution in [3.63, 3.8) is 0 Å². The van der Waals surface area contributed by atoms with Gasteiger partial charge < -0.3 is 10.0 Å². The smallest absolute Gasteiger partial charge is 0.303 e. The number of nitrogens with zero attached hydrogens (tertiary/aromatic N) is 1. The van der Waals surface area contributed by atoms with E-state index in [0.717, 1.165) is 25.8 Å². The Morgan fingerprint density at radius 2 is 1.95 bits per heavy atom. The third-order valence-corrected chi connectivity index (χ3v) is 4.71. The van der Waals surface area contributed by atoms with Crippen LogP contribution in [0.3, 0.4) is 0 Å². The van der Waals surface area contributed by atoms with E-state index >= 15 is 0 Å². The molecule has 1 aromatic carbocycles. The van der Waals surface area contributed by atoms with E-state index in [2.05, 4.69) is 49.9 Å². The average Bonchev–Trinajstić information content (AvgIpc) is 2.59. The van der Waals surface area contributed by atoms with E-state index in [9.17, 15) is 4.79 Å². The molecule has 0 fully saturated rings. The number of carboxylic acid groups (broad SMARTS) is 1. The highest BCUT2D eigenvalue weighted by atomic mass is 16.4. The normalized spacial score (nSPS) is 19.9. The van der Waals surface area contributed by atoms with Crippen LogP contribution >= 0.6 is 0 Å². The number of aliphatic carboxylic acids is 1.